The molecule has 1 amide bonds. The molecule has 0 atom stereocenters. The summed E-state index contributed by atoms with van der Waals surface area (Å²) in [7, 11) is 1.71. The number of carbonyl (C=O) groups excluding carboxylic acids is 1. The Morgan fingerprint density at radius 1 is 1.14 bits per heavy atom. The average Bonchev–Trinajstić information content (AvgIpc) is 2.49. The van der Waals surface area contributed by atoms with Crippen LogP contribution in [0.4, 0.5) is 11.4 Å². The standard InChI is InChI=1S/C16H17ClN2O2/c1-19(15-8-6-14(18)7-9-15)16(20)11-21-10-12-2-4-13(17)5-3-12/h2-9H,10-11,18H2,1H3. The molecule has 4 nitrogen and oxygen atoms in total. The first-order valence-electron chi connectivity index (χ1n) is 6.50. The fourth-order valence-corrected chi connectivity index (χ4v) is 1.90. The van der Waals surface area contributed by atoms with Gasteiger partial charge in [0.25, 0.3) is 5.91 Å². The number of hydrogen-bond acceptors (Lipinski definition) is 3. The van der Waals surface area contributed by atoms with Crippen molar-refractivity contribution in [2.45, 2.75) is 6.61 Å². The second-order valence-electron chi connectivity index (χ2n) is 4.66. The quantitative estimate of drug-likeness (QED) is 0.864. The van der Waals surface area contributed by atoms with Gasteiger partial charge in [0.1, 0.15) is 6.61 Å². The highest BCUT2D eigenvalue weighted by Crippen LogP contribution is 2.15. The van der Waals surface area contributed by atoms with Crippen molar-refractivity contribution in [3.8, 4) is 0 Å². The van der Waals surface area contributed by atoms with Gasteiger partial charge in [0, 0.05) is 23.4 Å². The predicted molar refractivity (Wildman–Crippen MR) is 85.4 cm³/mol. The number of anilines is 2. The lowest BCUT2D eigenvalue weighted by Gasteiger charge is -2.17. The molecule has 5 heteroatoms. The minimum Gasteiger partial charge on any atom is -0.399 e. The van der Waals surface area contributed by atoms with Crippen LogP contribution in [0, 0.1) is 0 Å². The number of halogens is 1. The number of nitrogens with two attached hydrogens (primary N) is 1. The van der Waals surface area contributed by atoms with E-state index in [9.17, 15) is 4.79 Å². The summed E-state index contributed by atoms with van der Waals surface area (Å²) in [6.07, 6.45) is 0. The van der Waals surface area contributed by atoms with Crippen LogP contribution in [-0.4, -0.2) is 19.6 Å². The van der Waals surface area contributed by atoms with Crippen molar-refractivity contribution < 1.29 is 9.53 Å². The molecule has 21 heavy (non-hydrogen) atoms. The van der Waals surface area contributed by atoms with Gasteiger partial charge in [0.15, 0.2) is 0 Å². The summed E-state index contributed by atoms with van der Waals surface area (Å²) < 4.78 is 5.43. The molecular weight excluding hydrogens is 288 g/mol. The van der Waals surface area contributed by atoms with Crippen molar-refractivity contribution in [2.24, 2.45) is 0 Å². The Morgan fingerprint density at radius 3 is 2.38 bits per heavy atom. The third-order valence-electron chi connectivity index (χ3n) is 3.06. The van der Waals surface area contributed by atoms with E-state index in [-0.39, 0.29) is 12.5 Å². The molecule has 0 spiro atoms. The first-order valence-corrected chi connectivity index (χ1v) is 6.88. The summed E-state index contributed by atoms with van der Waals surface area (Å²) in [5, 5.41) is 0.679. The maximum Gasteiger partial charge on any atom is 0.252 e. The number of hydrogen-bond donors (Lipinski definition) is 1. The van der Waals surface area contributed by atoms with Gasteiger partial charge >= 0.3 is 0 Å². The maximum absolute atomic E-state index is 12.0. The number of rotatable bonds is 5. The number of carbonyl (C=O) groups is 1. The average molecular weight is 305 g/mol. The topological polar surface area (TPSA) is 55.6 Å². The Kier molecular flexibility index (Phi) is 5.20. The van der Waals surface area contributed by atoms with E-state index in [2.05, 4.69) is 0 Å². The molecule has 2 aromatic carbocycles. The minimum atomic E-state index is -0.117. The highest BCUT2D eigenvalue weighted by molar-refractivity contribution is 6.30. The summed E-state index contributed by atoms with van der Waals surface area (Å²) in [5.74, 6) is -0.117. The number of benzene rings is 2. The smallest absolute Gasteiger partial charge is 0.252 e. The minimum absolute atomic E-state index is 0.0174. The Labute approximate surface area is 129 Å². The molecule has 2 rings (SSSR count). The van der Waals surface area contributed by atoms with Gasteiger partial charge in [0.2, 0.25) is 0 Å². The zero-order chi connectivity index (χ0) is 15.2. The second-order valence-corrected chi connectivity index (χ2v) is 5.10. The third kappa shape index (κ3) is 4.48. The molecule has 0 aliphatic heterocycles. The summed E-state index contributed by atoms with van der Waals surface area (Å²) in [6, 6.07) is 14.4. The SMILES string of the molecule is CN(C(=O)COCc1ccc(Cl)cc1)c1ccc(N)cc1. The van der Waals surface area contributed by atoms with E-state index in [1.54, 1.807) is 48.3 Å². The van der Waals surface area contributed by atoms with Gasteiger partial charge in [-0.15, -0.1) is 0 Å². The molecule has 0 aliphatic rings. The summed E-state index contributed by atoms with van der Waals surface area (Å²) >= 11 is 5.81. The molecule has 0 saturated heterocycles. The molecule has 2 N–H and O–H groups in total. The zero-order valence-corrected chi connectivity index (χ0v) is 12.5. The summed E-state index contributed by atoms with van der Waals surface area (Å²) in [5.41, 5.74) is 8.04. The Hall–Kier alpha value is -2.04. The van der Waals surface area contributed by atoms with Crippen molar-refractivity contribution in [3.63, 3.8) is 0 Å². The molecule has 0 saturated carbocycles. The molecule has 0 unspecified atom stereocenters. The van der Waals surface area contributed by atoms with E-state index in [4.69, 9.17) is 22.1 Å². The van der Waals surface area contributed by atoms with Crippen LogP contribution in [0.5, 0.6) is 0 Å². The molecule has 0 bridgehead atoms. The van der Waals surface area contributed by atoms with Crippen molar-refractivity contribution in [3.05, 3.63) is 59.1 Å². The first-order chi connectivity index (χ1) is 10.1. The van der Waals surface area contributed by atoms with Crippen LogP contribution < -0.4 is 10.6 Å². The van der Waals surface area contributed by atoms with E-state index in [0.717, 1.165) is 11.3 Å². The molecule has 0 radical (unpaired) electrons. The number of ether oxygens (including phenoxy) is 1. The normalized spacial score (nSPS) is 10.4. The van der Waals surface area contributed by atoms with Gasteiger partial charge in [-0.25, -0.2) is 0 Å². The first kappa shape index (κ1) is 15.4. The van der Waals surface area contributed by atoms with Crippen LogP contribution >= 0.6 is 11.6 Å². The van der Waals surface area contributed by atoms with Crippen molar-refractivity contribution in [1.29, 1.82) is 0 Å². The number of nitrogen functional groups attached to an aromatic ring is 1. The number of nitrogens with zero attached hydrogens (tertiary/aromatic N) is 1. The maximum atomic E-state index is 12.0. The van der Waals surface area contributed by atoms with Crippen molar-refractivity contribution in [2.75, 3.05) is 24.3 Å². The lowest BCUT2D eigenvalue weighted by Crippen LogP contribution is -2.30. The Morgan fingerprint density at radius 2 is 1.76 bits per heavy atom. The Bertz CT molecular complexity index is 597. The van der Waals surface area contributed by atoms with E-state index in [0.29, 0.717) is 17.3 Å². The van der Waals surface area contributed by atoms with Gasteiger partial charge in [-0.1, -0.05) is 23.7 Å². The second kappa shape index (κ2) is 7.11. The molecule has 0 aliphatic carbocycles. The number of likely N-dealkylation sites (N-methyl/N-ethyl adjacent to an activating group) is 1. The van der Waals surface area contributed by atoms with Crippen molar-refractivity contribution >= 4 is 28.9 Å². The van der Waals surface area contributed by atoms with E-state index >= 15 is 0 Å². The molecule has 0 aromatic heterocycles. The summed E-state index contributed by atoms with van der Waals surface area (Å²) in [4.78, 5) is 13.6. The van der Waals surface area contributed by atoms with Gasteiger partial charge < -0.3 is 15.4 Å². The van der Waals surface area contributed by atoms with E-state index < -0.39 is 0 Å². The van der Waals surface area contributed by atoms with Crippen LogP contribution in [0.15, 0.2) is 48.5 Å². The van der Waals surface area contributed by atoms with E-state index in [1.165, 1.54) is 0 Å². The molecule has 2 aromatic rings. The monoisotopic (exact) mass is 304 g/mol. The van der Waals surface area contributed by atoms with Gasteiger partial charge in [-0.2, -0.15) is 0 Å². The van der Waals surface area contributed by atoms with E-state index in [1.807, 2.05) is 12.1 Å². The summed E-state index contributed by atoms with van der Waals surface area (Å²) in [6.45, 7) is 0.391. The van der Waals surface area contributed by atoms with Gasteiger partial charge in [0.05, 0.1) is 6.61 Å². The predicted octanol–water partition coefficient (Wildman–Crippen LogP) is 3.10. The lowest BCUT2D eigenvalue weighted by molar-refractivity contribution is -0.123. The van der Waals surface area contributed by atoms with Crippen LogP contribution in [0.1, 0.15) is 5.56 Å². The van der Waals surface area contributed by atoms with Crippen molar-refractivity contribution in [1.82, 2.24) is 0 Å². The molecule has 110 valence electrons. The van der Waals surface area contributed by atoms with Crippen LogP contribution in [0.3, 0.4) is 0 Å². The lowest BCUT2D eigenvalue weighted by atomic mass is 10.2. The Balaban J connectivity index is 1.83. The van der Waals surface area contributed by atoms with Crippen LogP contribution in [-0.2, 0) is 16.1 Å². The van der Waals surface area contributed by atoms with Gasteiger partial charge in [-0.05, 0) is 42.0 Å². The zero-order valence-electron chi connectivity index (χ0n) is 11.8. The highest BCUT2D eigenvalue weighted by Gasteiger charge is 2.10. The fraction of sp³-hybridized carbons (Fsp3) is 0.188. The largest absolute Gasteiger partial charge is 0.399 e. The van der Waals surface area contributed by atoms with Gasteiger partial charge in [-0.3, -0.25) is 4.79 Å². The molecular formula is C16H17ClN2O2. The molecule has 0 heterocycles. The number of amides is 1. The highest BCUT2D eigenvalue weighted by atomic mass is 35.5. The third-order valence-corrected chi connectivity index (χ3v) is 3.31. The fourth-order valence-electron chi connectivity index (χ4n) is 1.78. The van der Waals surface area contributed by atoms with Crippen LogP contribution in [0.25, 0.3) is 0 Å². The molecule has 0 fully saturated rings. The van der Waals surface area contributed by atoms with Crippen LogP contribution in [0.2, 0.25) is 5.02 Å².